The predicted molar refractivity (Wildman–Crippen MR) is 223 cm³/mol. The van der Waals surface area contributed by atoms with E-state index in [0.29, 0.717) is 51.4 Å². The molecule has 0 amide bonds. The van der Waals surface area contributed by atoms with Crippen LogP contribution in [0.3, 0.4) is 0 Å². The third kappa shape index (κ3) is 28.1. The van der Waals surface area contributed by atoms with E-state index < -0.39 is 61.1 Å². The zero-order valence-corrected chi connectivity index (χ0v) is 36.7. The second-order valence-corrected chi connectivity index (χ2v) is 20.8. The molecule has 0 aromatic heterocycles. The number of hydrogen-bond donors (Lipinski definition) is 4. The molecule has 52 heavy (non-hydrogen) atoms. The lowest BCUT2D eigenvalue weighted by Crippen LogP contribution is -2.33. The first kappa shape index (κ1) is 57.3. The molecule has 0 aromatic carbocycles. The standard InChI is InChI=1S/4C9H19NO2S/c4*1-4-6-8(3)9(7-5-2)13(10,11)12/h4*4,8-9H,1,5-7H2,2-3H3,(H2,10,11,12)/t2*8-,9+;2*8-,9-/m1010/s1. The van der Waals surface area contributed by atoms with Crippen molar-refractivity contribution in [1.29, 1.82) is 0 Å². The topological polar surface area (TPSA) is 241 Å². The van der Waals surface area contributed by atoms with Gasteiger partial charge in [-0.1, -0.05) is 105 Å². The van der Waals surface area contributed by atoms with Crippen LogP contribution >= 0.6 is 0 Å². The molecule has 0 aromatic rings. The molecule has 0 aliphatic carbocycles. The van der Waals surface area contributed by atoms with Gasteiger partial charge in [-0.15, -0.1) is 26.3 Å². The van der Waals surface area contributed by atoms with Gasteiger partial charge < -0.3 is 0 Å². The molecule has 0 spiro atoms. The average Bonchev–Trinajstić information content (AvgIpc) is 2.99. The Labute approximate surface area is 320 Å². The molecule has 12 nitrogen and oxygen atoms in total. The Kier molecular flexibility index (Phi) is 33.0. The summed E-state index contributed by atoms with van der Waals surface area (Å²) in [5.74, 6) is 0.250. The third-order valence-corrected chi connectivity index (χ3v) is 14.9. The zero-order valence-electron chi connectivity index (χ0n) is 33.5. The highest BCUT2D eigenvalue weighted by atomic mass is 32.2. The molecule has 16 heteroatoms. The first-order valence-corrected chi connectivity index (χ1v) is 24.7. The van der Waals surface area contributed by atoms with E-state index in [1.807, 2.05) is 55.4 Å². The van der Waals surface area contributed by atoms with Crippen LogP contribution in [0.5, 0.6) is 0 Å². The molecule has 0 rings (SSSR count). The van der Waals surface area contributed by atoms with E-state index in [1.165, 1.54) is 0 Å². The van der Waals surface area contributed by atoms with Gasteiger partial charge in [-0.2, -0.15) is 0 Å². The van der Waals surface area contributed by atoms with Crippen LogP contribution in [-0.2, 0) is 40.1 Å². The largest absolute Gasteiger partial charge is 0.228 e. The molecular weight excluding hydrogens is 745 g/mol. The van der Waals surface area contributed by atoms with Crippen molar-refractivity contribution >= 4 is 40.1 Å². The number of hydrogen-bond acceptors (Lipinski definition) is 8. The van der Waals surface area contributed by atoms with Gasteiger partial charge in [-0.25, -0.2) is 54.2 Å². The third-order valence-electron chi connectivity index (χ3n) is 8.67. The molecule has 0 aliphatic rings. The molecule has 0 bridgehead atoms. The maximum Gasteiger partial charge on any atom is 0.212 e. The Morgan fingerprint density at radius 3 is 0.596 bits per heavy atom. The van der Waals surface area contributed by atoms with E-state index in [4.69, 9.17) is 20.6 Å². The minimum absolute atomic E-state index is 0.0625. The summed E-state index contributed by atoms with van der Waals surface area (Å²) in [7, 11) is -13.6. The van der Waals surface area contributed by atoms with E-state index in [0.717, 1.165) is 25.7 Å². The Morgan fingerprint density at radius 2 is 0.519 bits per heavy atom. The fourth-order valence-corrected chi connectivity index (χ4v) is 11.2. The Balaban J connectivity index is -0.000000295. The summed E-state index contributed by atoms with van der Waals surface area (Å²) < 4.78 is 89.4. The van der Waals surface area contributed by atoms with Crippen LogP contribution in [-0.4, -0.2) is 54.7 Å². The first-order valence-electron chi connectivity index (χ1n) is 18.2. The van der Waals surface area contributed by atoms with Crippen LogP contribution in [0.4, 0.5) is 0 Å². The van der Waals surface area contributed by atoms with Crippen LogP contribution in [0.2, 0.25) is 0 Å². The highest BCUT2D eigenvalue weighted by molar-refractivity contribution is 7.90. The quantitative estimate of drug-likeness (QED) is 0.0769. The summed E-state index contributed by atoms with van der Waals surface area (Å²) in [5, 5.41) is 18.9. The second-order valence-electron chi connectivity index (χ2n) is 13.7. The van der Waals surface area contributed by atoms with E-state index in [-0.39, 0.29) is 23.7 Å². The first-order chi connectivity index (χ1) is 23.7. The second kappa shape index (κ2) is 29.9. The van der Waals surface area contributed by atoms with E-state index in [2.05, 4.69) is 26.3 Å². The normalized spacial score (nSPS) is 16.5. The monoisotopic (exact) mass is 820 g/mol. The van der Waals surface area contributed by atoms with E-state index in [9.17, 15) is 33.7 Å². The summed E-state index contributed by atoms with van der Waals surface area (Å²) in [6.45, 7) is 29.8. The summed E-state index contributed by atoms with van der Waals surface area (Å²) in [5.41, 5.74) is 0. The molecular formula is C36H76N4O8S4. The summed E-state index contributed by atoms with van der Waals surface area (Å²) in [6, 6.07) is 0. The van der Waals surface area contributed by atoms with Crippen molar-refractivity contribution in [3.8, 4) is 0 Å². The van der Waals surface area contributed by atoms with Gasteiger partial charge in [0.2, 0.25) is 40.1 Å². The number of nitrogens with two attached hydrogens (primary N) is 4. The molecule has 0 heterocycles. The van der Waals surface area contributed by atoms with Gasteiger partial charge in [-0.05, 0) is 75.0 Å². The van der Waals surface area contributed by atoms with Crippen LogP contribution in [0.25, 0.3) is 0 Å². The maximum atomic E-state index is 11.2. The fraction of sp³-hybridized carbons (Fsp3) is 0.778. The number of rotatable bonds is 24. The van der Waals surface area contributed by atoms with E-state index >= 15 is 0 Å². The van der Waals surface area contributed by atoms with Gasteiger partial charge in [0, 0.05) is 0 Å². The molecule has 0 aliphatic heterocycles. The maximum absolute atomic E-state index is 11.2. The Bertz CT molecular complexity index is 1200. The van der Waals surface area contributed by atoms with Crippen LogP contribution in [0.1, 0.15) is 132 Å². The van der Waals surface area contributed by atoms with Crippen molar-refractivity contribution in [3.63, 3.8) is 0 Å². The van der Waals surface area contributed by atoms with Gasteiger partial charge in [0.25, 0.3) is 0 Å². The van der Waals surface area contributed by atoms with Crippen molar-refractivity contribution in [1.82, 2.24) is 0 Å². The number of sulfonamides is 4. The van der Waals surface area contributed by atoms with Crippen LogP contribution in [0.15, 0.2) is 50.6 Å². The molecule has 0 saturated carbocycles. The molecule has 312 valence electrons. The lowest BCUT2D eigenvalue weighted by Gasteiger charge is -2.19. The lowest BCUT2D eigenvalue weighted by atomic mass is 10.0. The average molecular weight is 821 g/mol. The van der Waals surface area contributed by atoms with Crippen molar-refractivity contribution in [2.45, 2.75) is 153 Å². The van der Waals surface area contributed by atoms with Crippen molar-refractivity contribution in [2.24, 2.45) is 44.2 Å². The lowest BCUT2D eigenvalue weighted by molar-refractivity contribution is 0.485. The molecule has 0 fully saturated rings. The SMILES string of the molecule is C=CC[C@@H](C)[C@@H](CCC)S(N)(=O)=O.C=CC[C@@H](C)[C@H](CCC)S(N)(=O)=O.C=CC[C@H](C)[C@@H](CCC)S(N)(=O)=O.C=CC[C@H](C)[C@H](CCC)S(N)(=O)=O. The Morgan fingerprint density at radius 1 is 0.385 bits per heavy atom. The van der Waals surface area contributed by atoms with Gasteiger partial charge in [0.1, 0.15) is 0 Å². The smallest absolute Gasteiger partial charge is 0.212 e. The van der Waals surface area contributed by atoms with Gasteiger partial charge in [-0.3, -0.25) is 0 Å². The van der Waals surface area contributed by atoms with Crippen LogP contribution in [0, 0.1) is 23.7 Å². The summed E-state index contributed by atoms with van der Waals surface area (Å²) in [4.78, 5) is 0. The summed E-state index contributed by atoms with van der Waals surface area (Å²) >= 11 is 0. The molecule has 8 N–H and O–H groups in total. The molecule has 0 radical (unpaired) electrons. The highest BCUT2D eigenvalue weighted by Gasteiger charge is 2.28. The van der Waals surface area contributed by atoms with Crippen LogP contribution < -0.4 is 20.6 Å². The fourth-order valence-electron chi connectivity index (χ4n) is 5.89. The van der Waals surface area contributed by atoms with Crippen molar-refractivity contribution < 1.29 is 33.7 Å². The van der Waals surface area contributed by atoms with Gasteiger partial charge in [0.05, 0.1) is 21.0 Å². The number of primary sulfonamides is 4. The Hall–Kier alpha value is -1.40. The van der Waals surface area contributed by atoms with Gasteiger partial charge in [0.15, 0.2) is 0 Å². The molecule has 0 unspecified atom stereocenters. The number of allylic oxidation sites excluding steroid dienone is 4. The van der Waals surface area contributed by atoms with Crippen molar-refractivity contribution in [2.75, 3.05) is 0 Å². The molecule has 0 saturated heterocycles. The summed E-state index contributed by atoms with van der Waals surface area (Å²) in [6.07, 6.45) is 15.6. The highest BCUT2D eigenvalue weighted by Crippen LogP contribution is 2.22. The predicted octanol–water partition coefficient (Wildman–Crippen LogP) is 6.62. The van der Waals surface area contributed by atoms with Gasteiger partial charge >= 0.3 is 0 Å². The minimum atomic E-state index is -3.40. The zero-order chi connectivity index (χ0) is 41.9. The van der Waals surface area contributed by atoms with Crippen molar-refractivity contribution in [3.05, 3.63) is 50.6 Å². The molecule has 8 atom stereocenters. The minimum Gasteiger partial charge on any atom is -0.228 e. The van der Waals surface area contributed by atoms with E-state index in [1.54, 1.807) is 24.3 Å².